The third-order valence-electron chi connectivity index (χ3n) is 5.07. The van der Waals surface area contributed by atoms with Gasteiger partial charge >= 0.3 is 5.97 Å². The third kappa shape index (κ3) is 5.22. The molecular weight excluding hydrogens is 406 g/mol. The van der Waals surface area contributed by atoms with Crippen molar-refractivity contribution in [3.05, 3.63) is 53.9 Å². The van der Waals surface area contributed by atoms with Crippen LogP contribution in [0.5, 0.6) is 0 Å². The zero-order chi connectivity index (χ0) is 23.3. The monoisotopic (exact) mass is 433 g/mol. The van der Waals surface area contributed by atoms with Crippen LogP contribution in [0.3, 0.4) is 0 Å². The van der Waals surface area contributed by atoms with Gasteiger partial charge in [-0.1, -0.05) is 24.0 Å². The second-order valence-corrected chi connectivity index (χ2v) is 7.86. The van der Waals surface area contributed by atoms with Crippen LogP contribution >= 0.6 is 0 Å². The van der Waals surface area contributed by atoms with Gasteiger partial charge in [0.1, 0.15) is 0 Å². The Morgan fingerprint density at radius 3 is 2.78 bits per heavy atom. The lowest BCUT2D eigenvalue weighted by Gasteiger charge is -2.17. The molecule has 0 saturated heterocycles. The molecule has 0 radical (unpaired) electrons. The number of ether oxygens (including phenoxy) is 1. The highest BCUT2D eigenvalue weighted by Gasteiger charge is 2.23. The summed E-state index contributed by atoms with van der Waals surface area (Å²) in [6, 6.07) is 11.0. The first-order valence-electron chi connectivity index (χ1n) is 10.4. The summed E-state index contributed by atoms with van der Waals surface area (Å²) in [4.78, 5) is 30.3. The van der Waals surface area contributed by atoms with Gasteiger partial charge in [0.25, 0.3) is 0 Å². The van der Waals surface area contributed by atoms with Crippen molar-refractivity contribution in [2.45, 2.75) is 18.9 Å². The highest BCUT2D eigenvalue weighted by atomic mass is 16.5. The summed E-state index contributed by atoms with van der Waals surface area (Å²) in [5.74, 6) is 5.11. The van der Waals surface area contributed by atoms with Crippen molar-refractivity contribution in [1.29, 1.82) is 0 Å². The Hall–Kier alpha value is -3.47. The van der Waals surface area contributed by atoms with Crippen LogP contribution in [0.2, 0.25) is 0 Å². The predicted molar refractivity (Wildman–Crippen MR) is 123 cm³/mol. The Morgan fingerprint density at radius 1 is 1.31 bits per heavy atom. The fraction of sp³-hybridized carbons (Fsp3) is 0.320. The van der Waals surface area contributed by atoms with E-state index in [2.05, 4.69) is 16.8 Å². The van der Waals surface area contributed by atoms with Crippen LogP contribution in [0.1, 0.15) is 29.4 Å². The zero-order valence-corrected chi connectivity index (χ0v) is 18.8. The Balaban J connectivity index is 2.01. The molecule has 0 bridgehead atoms. The van der Waals surface area contributed by atoms with E-state index in [0.717, 1.165) is 16.5 Å². The first-order chi connectivity index (χ1) is 15.3. The average molecular weight is 434 g/mol. The number of hydrogen-bond acceptors (Lipinski definition) is 6. The van der Waals surface area contributed by atoms with Crippen molar-refractivity contribution in [3.8, 4) is 23.1 Å². The molecule has 7 heteroatoms. The molecule has 0 amide bonds. The molecule has 0 unspecified atom stereocenters. The Kier molecular flexibility index (Phi) is 7.08. The maximum absolute atomic E-state index is 12.5. The fourth-order valence-corrected chi connectivity index (χ4v) is 3.25. The standard InChI is InChI=1S/C25H27N3O4/c1-5-32-24(30)23-20-10-13-28(4)22(20)16-21(26-23)19-8-6-7-18(15-19)9-11-25(31,17-29)12-14-27(2)3/h6-8,10,13,15-17,31H,5,12,14H2,1-4H3/t25-/m0/s1. The number of esters is 1. The number of carbonyl (C=O) groups is 2. The third-order valence-corrected chi connectivity index (χ3v) is 5.07. The number of aryl methyl sites for hydroxylation is 1. The summed E-state index contributed by atoms with van der Waals surface area (Å²) in [6.45, 7) is 2.55. The Morgan fingerprint density at radius 2 is 2.09 bits per heavy atom. The Labute approximate surface area is 187 Å². The molecule has 32 heavy (non-hydrogen) atoms. The van der Waals surface area contributed by atoms with Crippen LogP contribution in [0.15, 0.2) is 42.6 Å². The minimum atomic E-state index is -1.71. The van der Waals surface area contributed by atoms with E-state index in [4.69, 9.17) is 4.74 Å². The smallest absolute Gasteiger partial charge is 0.357 e. The Bertz CT molecular complexity index is 1200. The number of aliphatic hydroxyl groups is 1. The van der Waals surface area contributed by atoms with Crippen LogP contribution in [0.4, 0.5) is 0 Å². The SMILES string of the molecule is CCOC(=O)c1nc(-c2cccc(C#C[C@@](O)(C=O)CCN(C)C)c2)cc2c1ccn2C. The molecule has 0 saturated carbocycles. The second kappa shape index (κ2) is 9.77. The molecule has 0 spiro atoms. The number of aromatic nitrogens is 2. The van der Waals surface area contributed by atoms with Gasteiger partial charge in [0, 0.05) is 42.7 Å². The minimum Gasteiger partial charge on any atom is -0.461 e. The van der Waals surface area contributed by atoms with Crippen molar-refractivity contribution < 1.29 is 19.4 Å². The van der Waals surface area contributed by atoms with Crippen molar-refractivity contribution in [1.82, 2.24) is 14.5 Å². The summed E-state index contributed by atoms with van der Waals surface area (Å²) in [7, 11) is 5.63. The van der Waals surface area contributed by atoms with Crippen LogP contribution in [0.25, 0.3) is 22.2 Å². The summed E-state index contributed by atoms with van der Waals surface area (Å²) in [5, 5.41) is 11.2. The minimum absolute atomic E-state index is 0.213. The predicted octanol–water partition coefficient (Wildman–Crippen LogP) is 2.65. The van der Waals surface area contributed by atoms with Gasteiger partial charge in [-0.25, -0.2) is 9.78 Å². The summed E-state index contributed by atoms with van der Waals surface area (Å²) in [5.41, 5.74) is 1.39. The summed E-state index contributed by atoms with van der Waals surface area (Å²) in [6.07, 6.45) is 2.56. The van der Waals surface area contributed by atoms with E-state index >= 15 is 0 Å². The zero-order valence-electron chi connectivity index (χ0n) is 18.8. The lowest BCUT2D eigenvalue weighted by atomic mass is 10.0. The van der Waals surface area contributed by atoms with Gasteiger partial charge in [-0.3, -0.25) is 4.79 Å². The lowest BCUT2D eigenvalue weighted by Crippen LogP contribution is -2.33. The summed E-state index contributed by atoms with van der Waals surface area (Å²) < 4.78 is 7.11. The molecule has 3 aromatic rings. The van der Waals surface area contributed by atoms with E-state index in [1.54, 1.807) is 13.0 Å². The van der Waals surface area contributed by atoms with Crippen LogP contribution in [0, 0.1) is 11.8 Å². The molecule has 1 atom stereocenters. The molecule has 0 aliphatic carbocycles. The largest absolute Gasteiger partial charge is 0.461 e. The maximum Gasteiger partial charge on any atom is 0.357 e. The first kappa shape index (κ1) is 23.2. The van der Waals surface area contributed by atoms with Gasteiger partial charge in [0.05, 0.1) is 17.8 Å². The number of rotatable bonds is 7. The number of carbonyl (C=O) groups excluding carboxylic acids is 2. The summed E-state index contributed by atoms with van der Waals surface area (Å²) >= 11 is 0. The lowest BCUT2D eigenvalue weighted by molar-refractivity contribution is -0.119. The molecule has 7 nitrogen and oxygen atoms in total. The quantitative estimate of drug-likeness (QED) is 0.350. The number of hydrogen-bond donors (Lipinski definition) is 1. The number of fused-ring (bicyclic) bond motifs is 1. The molecule has 0 fully saturated rings. The van der Waals surface area contributed by atoms with Crippen LogP contribution in [-0.4, -0.2) is 64.7 Å². The molecular formula is C25H27N3O4. The van der Waals surface area contributed by atoms with Crippen molar-refractivity contribution in [2.75, 3.05) is 27.2 Å². The molecule has 1 N–H and O–H groups in total. The average Bonchev–Trinajstić information content (AvgIpc) is 3.17. The second-order valence-electron chi connectivity index (χ2n) is 7.86. The normalized spacial score (nSPS) is 12.8. The van der Waals surface area contributed by atoms with Gasteiger partial charge in [0.15, 0.2) is 17.6 Å². The van der Waals surface area contributed by atoms with E-state index < -0.39 is 11.6 Å². The van der Waals surface area contributed by atoms with Crippen molar-refractivity contribution in [3.63, 3.8) is 0 Å². The molecule has 0 aliphatic heterocycles. The van der Waals surface area contributed by atoms with Gasteiger partial charge in [-0.15, -0.1) is 0 Å². The number of benzene rings is 1. The fourth-order valence-electron chi connectivity index (χ4n) is 3.25. The molecule has 3 rings (SSSR count). The van der Waals surface area contributed by atoms with E-state index in [1.807, 2.05) is 67.1 Å². The van der Waals surface area contributed by atoms with Crippen LogP contribution < -0.4 is 0 Å². The molecule has 0 aliphatic rings. The molecule has 2 heterocycles. The highest BCUT2D eigenvalue weighted by molar-refractivity contribution is 6.03. The number of nitrogens with zero attached hydrogens (tertiary/aromatic N) is 3. The van der Waals surface area contributed by atoms with Crippen molar-refractivity contribution >= 4 is 23.2 Å². The molecule has 166 valence electrons. The number of aldehydes is 1. The molecule has 2 aromatic heterocycles. The first-order valence-corrected chi connectivity index (χ1v) is 10.4. The van der Waals surface area contributed by atoms with Crippen molar-refractivity contribution in [2.24, 2.45) is 7.05 Å². The van der Waals surface area contributed by atoms with Gasteiger partial charge in [-0.2, -0.15) is 0 Å². The van der Waals surface area contributed by atoms with E-state index in [0.29, 0.717) is 24.1 Å². The topological polar surface area (TPSA) is 84.7 Å². The van der Waals surface area contributed by atoms with Gasteiger partial charge in [0.2, 0.25) is 0 Å². The van der Waals surface area contributed by atoms with E-state index in [-0.39, 0.29) is 18.7 Å². The van der Waals surface area contributed by atoms with E-state index in [9.17, 15) is 14.7 Å². The van der Waals surface area contributed by atoms with Gasteiger partial charge < -0.3 is 19.3 Å². The van der Waals surface area contributed by atoms with Gasteiger partial charge in [-0.05, 0) is 45.3 Å². The maximum atomic E-state index is 12.5. The number of pyridine rings is 1. The highest BCUT2D eigenvalue weighted by Crippen LogP contribution is 2.26. The molecule has 1 aromatic carbocycles. The van der Waals surface area contributed by atoms with Crippen LogP contribution in [-0.2, 0) is 16.6 Å². The van der Waals surface area contributed by atoms with E-state index in [1.165, 1.54) is 0 Å².